The minimum atomic E-state index is -3.62. The van der Waals surface area contributed by atoms with E-state index in [2.05, 4.69) is 10.6 Å². The molecule has 8 nitrogen and oxygen atoms in total. The molecular formula is C21H27N3O5S. The van der Waals surface area contributed by atoms with Gasteiger partial charge in [-0.3, -0.25) is 9.59 Å². The molecule has 162 valence electrons. The number of benzene rings is 2. The van der Waals surface area contributed by atoms with Crippen molar-refractivity contribution in [3.05, 3.63) is 65.2 Å². The fraction of sp³-hybridized carbons (Fsp3) is 0.333. The van der Waals surface area contributed by atoms with E-state index in [1.165, 1.54) is 7.11 Å². The van der Waals surface area contributed by atoms with Crippen LogP contribution in [0, 0.1) is 6.92 Å². The number of nitrogens with one attached hydrogen (secondary N) is 2. The lowest BCUT2D eigenvalue weighted by Crippen LogP contribution is -2.37. The summed E-state index contributed by atoms with van der Waals surface area (Å²) >= 11 is 0. The van der Waals surface area contributed by atoms with Gasteiger partial charge in [-0.2, -0.15) is 4.31 Å². The number of methoxy groups -OCH3 is 1. The third kappa shape index (κ3) is 7.25. The molecule has 0 atom stereocenters. The summed E-state index contributed by atoms with van der Waals surface area (Å²) < 4.78 is 30.4. The van der Waals surface area contributed by atoms with Gasteiger partial charge in [0.1, 0.15) is 0 Å². The van der Waals surface area contributed by atoms with E-state index < -0.39 is 15.9 Å². The molecular weight excluding hydrogens is 406 g/mol. The van der Waals surface area contributed by atoms with Crippen molar-refractivity contribution >= 4 is 27.5 Å². The van der Waals surface area contributed by atoms with E-state index in [4.69, 9.17) is 4.74 Å². The van der Waals surface area contributed by atoms with E-state index in [0.717, 1.165) is 21.7 Å². The van der Waals surface area contributed by atoms with Crippen molar-refractivity contribution in [3.8, 4) is 0 Å². The predicted molar refractivity (Wildman–Crippen MR) is 116 cm³/mol. The smallest absolute Gasteiger partial charge is 0.253 e. The minimum absolute atomic E-state index is 0.0751. The fourth-order valence-electron chi connectivity index (χ4n) is 2.69. The third-order valence-electron chi connectivity index (χ3n) is 4.31. The molecule has 0 heterocycles. The van der Waals surface area contributed by atoms with Gasteiger partial charge in [-0.1, -0.05) is 42.0 Å². The van der Waals surface area contributed by atoms with Crippen molar-refractivity contribution < 1.29 is 22.7 Å². The normalized spacial score (nSPS) is 11.3. The van der Waals surface area contributed by atoms with Crippen LogP contribution in [0.25, 0.3) is 0 Å². The molecule has 0 aliphatic heterocycles. The van der Waals surface area contributed by atoms with Crippen LogP contribution in [-0.2, 0) is 26.1 Å². The van der Waals surface area contributed by atoms with Gasteiger partial charge in [-0.25, -0.2) is 8.42 Å². The summed E-state index contributed by atoms with van der Waals surface area (Å²) in [6.07, 6.45) is 1.06. The van der Waals surface area contributed by atoms with Gasteiger partial charge in [0.15, 0.2) is 0 Å². The van der Waals surface area contributed by atoms with Crippen LogP contribution in [0.1, 0.15) is 21.5 Å². The van der Waals surface area contributed by atoms with Gasteiger partial charge in [0, 0.05) is 20.2 Å². The zero-order chi connectivity index (χ0) is 22.1. The first kappa shape index (κ1) is 23.5. The Labute approximate surface area is 177 Å². The molecule has 0 aliphatic rings. The Morgan fingerprint density at radius 2 is 1.73 bits per heavy atom. The molecule has 0 aliphatic carbocycles. The van der Waals surface area contributed by atoms with Gasteiger partial charge in [-0.15, -0.1) is 0 Å². The van der Waals surface area contributed by atoms with Crippen molar-refractivity contribution in [1.82, 2.24) is 9.62 Å². The van der Waals surface area contributed by atoms with Crippen molar-refractivity contribution in [2.75, 3.05) is 38.4 Å². The van der Waals surface area contributed by atoms with Gasteiger partial charge >= 0.3 is 0 Å². The number of aryl methyl sites for hydroxylation is 1. The first-order valence-electron chi connectivity index (χ1n) is 9.37. The number of hydrogen-bond acceptors (Lipinski definition) is 5. The van der Waals surface area contributed by atoms with Gasteiger partial charge < -0.3 is 15.4 Å². The monoisotopic (exact) mass is 433 g/mol. The zero-order valence-corrected chi connectivity index (χ0v) is 18.2. The number of rotatable bonds is 10. The highest BCUT2D eigenvalue weighted by molar-refractivity contribution is 7.88. The van der Waals surface area contributed by atoms with Crippen LogP contribution in [0.3, 0.4) is 0 Å². The maximum Gasteiger partial charge on any atom is 0.253 e. The molecule has 2 aromatic carbocycles. The maximum absolute atomic E-state index is 12.6. The van der Waals surface area contributed by atoms with Crippen LogP contribution < -0.4 is 10.6 Å². The third-order valence-corrected chi connectivity index (χ3v) is 5.50. The summed E-state index contributed by atoms with van der Waals surface area (Å²) in [4.78, 5) is 24.9. The SMILES string of the molecule is COCCNC(=O)c1ccccc1NC(=O)CN(Cc1ccc(C)cc1)S(C)(=O)=O. The number of carbonyl (C=O) groups is 2. The Morgan fingerprint density at radius 3 is 2.37 bits per heavy atom. The van der Waals surface area contributed by atoms with Gasteiger partial charge in [0.05, 0.1) is 30.7 Å². The van der Waals surface area contributed by atoms with Crippen LogP contribution in [0.2, 0.25) is 0 Å². The van der Waals surface area contributed by atoms with Gasteiger partial charge in [-0.05, 0) is 24.6 Å². The second kappa shape index (κ2) is 10.9. The molecule has 0 radical (unpaired) electrons. The molecule has 30 heavy (non-hydrogen) atoms. The number of nitrogens with zero attached hydrogens (tertiary/aromatic N) is 1. The lowest BCUT2D eigenvalue weighted by Gasteiger charge is -2.20. The molecule has 2 aromatic rings. The lowest BCUT2D eigenvalue weighted by molar-refractivity contribution is -0.116. The van der Waals surface area contributed by atoms with Gasteiger partial charge in [0.25, 0.3) is 5.91 Å². The van der Waals surface area contributed by atoms with Crippen molar-refractivity contribution in [2.24, 2.45) is 0 Å². The molecule has 9 heteroatoms. The minimum Gasteiger partial charge on any atom is -0.383 e. The second-order valence-corrected chi connectivity index (χ2v) is 8.84. The van der Waals surface area contributed by atoms with E-state index in [0.29, 0.717) is 18.8 Å². The van der Waals surface area contributed by atoms with Crippen LogP contribution in [0.4, 0.5) is 5.69 Å². The quantitative estimate of drug-likeness (QED) is 0.556. The first-order valence-corrected chi connectivity index (χ1v) is 11.2. The zero-order valence-electron chi connectivity index (χ0n) is 17.3. The van der Waals surface area contributed by atoms with E-state index in [1.54, 1.807) is 24.3 Å². The summed E-state index contributed by atoms with van der Waals surface area (Å²) in [7, 11) is -2.09. The van der Waals surface area contributed by atoms with Crippen molar-refractivity contribution in [2.45, 2.75) is 13.5 Å². The van der Waals surface area contributed by atoms with Crippen molar-refractivity contribution in [1.29, 1.82) is 0 Å². The number of hydrogen-bond donors (Lipinski definition) is 2. The maximum atomic E-state index is 12.6. The number of sulfonamides is 1. The summed E-state index contributed by atoms with van der Waals surface area (Å²) in [5, 5.41) is 5.34. The summed E-state index contributed by atoms with van der Waals surface area (Å²) in [5.74, 6) is -0.896. The molecule has 0 unspecified atom stereocenters. The number of ether oxygens (including phenoxy) is 1. The molecule has 0 fully saturated rings. The highest BCUT2D eigenvalue weighted by atomic mass is 32.2. The molecule has 0 spiro atoms. The standard InChI is InChI=1S/C21H27N3O5S/c1-16-8-10-17(11-9-16)14-24(30(3,27)28)15-20(25)23-19-7-5-4-6-18(19)21(26)22-12-13-29-2/h4-11H,12-15H2,1-3H3,(H,22,26)(H,23,25). The molecule has 0 saturated heterocycles. The Balaban J connectivity index is 2.10. The highest BCUT2D eigenvalue weighted by Gasteiger charge is 2.21. The molecule has 0 saturated carbocycles. The van der Waals surface area contributed by atoms with Crippen LogP contribution in [-0.4, -0.2) is 57.6 Å². The van der Waals surface area contributed by atoms with E-state index in [9.17, 15) is 18.0 Å². The summed E-state index contributed by atoms with van der Waals surface area (Å²) in [5.41, 5.74) is 2.42. The lowest BCUT2D eigenvalue weighted by atomic mass is 10.1. The number of amides is 2. The predicted octanol–water partition coefficient (Wildman–Crippen LogP) is 1.77. The molecule has 0 bridgehead atoms. The van der Waals surface area contributed by atoms with Crippen LogP contribution >= 0.6 is 0 Å². The Hall–Kier alpha value is -2.75. The van der Waals surface area contributed by atoms with Crippen molar-refractivity contribution in [3.63, 3.8) is 0 Å². The number of para-hydroxylation sites is 1. The fourth-order valence-corrected chi connectivity index (χ4v) is 3.42. The molecule has 0 aromatic heterocycles. The van der Waals surface area contributed by atoms with E-state index in [1.807, 2.05) is 31.2 Å². The van der Waals surface area contributed by atoms with E-state index in [-0.39, 0.29) is 24.6 Å². The second-order valence-electron chi connectivity index (χ2n) is 6.86. The number of anilines is 1. The average Bonchev–Trinajstić information content (AvgIpc) is 2.69. The topological polar surface area (TPSA) is 105 Å². The Morgan fingerprint density at radius 1 is 1.07 bits per heavy atom. The molecule has 2 rings (SSSR count). The first-order chi connectivity index (χ1) is 14.2. The Bertz CT molecular complexity index is 974. The van der Waals surface area contributed by atoms with Gasteiger partial charge in [0.2, 0.25) is 15.9 Å². The van der Waals surface area contributed by atoms with E-state index >= 15 is 0 Å². The highest BCUT2D eigenvalue weighted by Crippen LogP contribution is 2.16. The summed E-state index contributed by atoms with van der Waals surface area (Å²) in [6, 6.07) is 14.0. The number of carbonyl (C=O) groups excluding carboxylic acids is 2. The average molecular weight is 434 g/mol. The van der Waals surface area contributed by atoms with Crippen LogP contribution in [0.5, 0.6) is 0 Å². The van der Waals surface area contributed by atoms with Crippen LogP contribution in [0.15, 0.2) is 48.5 Å². The molecule has 2 N–H and O–H groups in total. The largest absolute Gasteiger partial charge is 0.383 e. The molecule has 2 amide bonds. The summed E-state index contributed by atoms with van der Waals surface area (Å²) in [6.45, 7) is 2.34. The Kier molecular flexibility index (Phi) is 8.52.